The van der Waals surface area contributed by atoms with E-state index in [1.165, 1.54) is 31.6 Å². The maximum atomic E-state index is 5.94. The van der Waals surface area contributed by atoms with Crippen LogP contribution in [0.4, 0.5) is 5.69 Å². The average Bonchev–Trinajstić information content (AvgIpc) is 2.24. The molecule has 0 spiro atoms. The van der Waals surface area contributed by atoms with Crippen LogP contribution < -0.4 is 10.5 Å². The van der Waals surface area contributed by atoms with Crippen molar-refractivity contribution in [2.45, 2.75) is 18.8 Å². The van der Waals surface area contributed by atoms with E-state index in [0.717, 1.165) is 24.5 Å². The van der Waals surface area contributed by atoms with Crippen LogP contribution in [-0.4, -0.2) is 31.1 Å². The second kappa shape index (κ2) is 3.98. The van der Waals surface area contributed by atoms with Crippen LogP contribution in [0.2, 0.25) is 0 Å². The van der Waals surface area contributed by atoms with Gasteiger partial charge in [-0.15, -0.1) is 0 Å². The highest BCUT2D eigenvalue weighted by molar-refractivity contribution is 5.58. The number of nitrogen functional groups attached to an aromatic ring is 1. The summed E-state index contributed by atoms with van der Waals surface area (Å²) < 4.78 is 5.67. The quantitative estimate of drug-likeness (QED) is 0.770. The SMILES string of the molecule is Nc1cccc2c1OCCC2CN1CCC1. The summed E-state index contributed by atoms with van der Waals surface area (Å²) in [5.74, 6) is 1.53. The van der Waals surface area contributed by atoms with Gasteiger partial charge in [-0.1, -0.05) is 12.1 Å². The Morgan fingerprint density at radius 2 is 2.25 bits per heavy atom. The number of anilines is 1. The third-order valence-electron chi connectivity index (χ3n) is 3.66. The van der Waals surface area contributed by atoms with Gasteiger partial charge in [0.15, 0.2) is 0 Å². The summed E-state index contributed by atoms with van der Waals surface area (Å²) in [5.41, 5.74) is 8.03. The van der Waals surface area contributed by atoms with E-state index in [1.54, 1.807) is 0 Å². The molecule has 16 heavy (non-hydrogen) atoms. The number of ether oxygens (including phenoxy) is 1. The summed E-state index contributed by atoms with van der Waals surface area (Å²) in [5, 5.41) is 0. The number of hydrogen-bond acceptors (Lipinski definition) is 3. The topological polar surface area (TPSA) is 38.5 Å². The Bertz CT molecular complexity index is 388. The minimum atomic E-state index is 0.604. The van der Waals surface area contributed by atoms with Crippen molar-refractivity contribution in [3.8, 4) is 5.75 Å². The summed E-state index contributed by atoms with van der Waals surface area (Å²) in [4.78, 5) is 2.52. The van der Waals surface area contributed by atoms with Crippen molar-refractivity contribution in [3.63, 3.8) is 0 Å². The third kappa shape index (κ3) is 1.65. The Morgan fingerprint density at radius 3 is 3.00 bits per heavy atom. The van der Waals surface area contributed by atoms with Crippen LogP contribution in [0.3, 0.4) is 0 Å². The molecule has 3 heteroatoms. The van der Waals surface area contributed by atoms with Gasteiger partial charge in [0, 0.05) is 18.0 Å². The molecule has 0 amide bonds. The molecule has 1 aromatic rings. The fraction of sp³-hybridized carbons (Fsp3) is 0.538. The number of hydrogen-bond donors (Lipinski definition) is 1. The highest BCUT2D eigenvalue weighted by Gasteiger charge is 2.26. The molecule has 0 saturated carbocycles. The molecule has 1 fully saturated rings. The minimum Gasteiger partial charge on any atom is -0.491 e. The summed E-state index contributed by atoms with van der Waals surface area (Å²) in [6.07, 6.45) is 2.47. The second-order valence-corrected chi connectivity index (χ2v) is 4.75. The van der Waals surface area contributed by atoms with Crippen molar-refractivity contribution in [1.29, 1.82) is 0 Å². The largest absolute Gasteiger partial charge is 0.491 e. The second-order valence-electron chi connectivity index (χ2n) is 4.75. The van der Waals surface area contributed by atoms with E-state index in [4.69, 9.17) is 10.5 Å². The molecule has 1 aromatic carbocycles. The van der Waals surface area contributed by atoms with Crippen LogP contribution in [0.1, 0.15) is 24.3 Å². The number of para-hydroxylation sites is 1. The molecule has 3 nitrogen and oxygen atoms in total. The van der Waals surface area contributed by atoms with Crippen LogP contribution >= 0.6 is 0 Å². The normalized spacial score (nSPS) is 24.4. The Hall–Kier alpha value is -1.22. The molecule has 0 bridgehead atoms. The molecule has 0 aliphatic carbocycles. The standard InChI is InChI=1S/C13H18N2O/c14-12-4-1-3-11-10(5-8-16-13(11)12)9-15-6-2-7-15/h1,3-4,10H,2,5-9,14H2. The van der Waals surface area contributed by atoms with E-state index < -0.39 is 0 Å². The molecule has 2 heterocycles. The zero-order valence-electron chi connectivity index (χ0n) is 9.48. The average molecular weight is 218 g/mol. The summed E-state index contributed by atoms with van der Waals surface area (Å²) in [6, 6.07) is 6.12. The van der Waals surface area contributed by atoms with E-state index in [2.05, 4.69) is 11.0 Å². The van der Waals surface area contributed by atoms with Crippen molar-refractivity contribution >= 4 is 5.69 Å². The molecule has 1 saturated heterocycles. The molecule has 3 rings (SSSR count). The third-order valence-corrected chi connectivity index (χ3v) is 3.66. The van der Waals surface area contributed by atoms with E-state index in [1.807, 2.05) is 12.1 Å². The number of rotatable bonds is 2. The number of benzene rings is 1. The summed E-state index contributed by atoms with van der Waals surface area (Å²) in [7, 11) is 0. The molecule has 0 radical (unpaired) electrons. The van der Waals surface area contributed by atoms with Crippen LogP contribution in [0.25, 0.3) is 0 Å². The molecular weight excluding hydrogens is 200 g/mol. The first-order valence-electron chi connectivity index (χ1n) is 6.08. The first kappa shape index (κ1) is 9.97. The van der Waals surface area contributed by atoms with Crippen LogP contribution in [0, 0.1) is 0 Å². The van der Waals surface area contributed by atoms with Gasteiger partial charge in [0.1, 0.15) is 5.75 Å². The van der Waals surface area contributed by atoms with Crippen molar-refractivity contribution in [2.24, 2.45) is 0 Å². The van der Waals surface area contributed by atoms with Crippen molar-refractivity contribution in [1.82, 2.24) is 4.90 Å². The van der Waals surface area contributed by atoms with Crippen molar-refractivity contribution in [3.05, 3.63) is 23.8 Å². The van der Waals surface area contributed by atoms with Crippen LogP contribution in [0.5, 0.6) is 5.75 Å². The van der Waals surface area contributed by atoms with E-state index in [9.17, 15) is 0 Å². The lowest BCUT2D eigenvalue weighted by atomic mass is 9.91. The fourth-order valence-electron chi connectivity index (χ4n) is 2.59. The first-order chi connectivity index (χ1) is 7.84. The van der Waals surface area contributed by atoms with Crippen LogP contribution in [-0.2, 0) is 0 Å². The molecule has 1 atom stereocenters. The molecule has 2 N–H and O–H groups in total. The Balaban J connectivity index is 1.84. The smallest absolute Gasteiger partial charge is 0.145 e. The molecule has 86 valence electrons. The van der Waals surface area contributed by atoms with Gasteiger partial charge in [-0.05, 0) is 32.0 Å². The van der Waals surface area contributed by atoms with E-state index in [0.29, 0.717) is 5.92 Å². The van der Waals surface area contributed by atoms with Gasteiger partial charge in [-0.3, -0.25) is 0 Å². The van der Waals surface area contributed by atoms with Crippen LogP contribution in [0.15, 0.2) is 18.2 Å². The Labute approximate surface area is 96.2 Å². The summed E-state index contributed by atoms with van der Waals surface area (Å²) >= 11 is 0. The lowest BCUT2D eigenvalue weighted by Crippen LogP contribution is -2.40. The predicted molar refractivity (Wildman–Crippen MR) is 64.8 cm³/mol. The van der Waals surface area contributed by atoms with Gasteiger partial charge >= 0.3 is 0 Å². The van der Waals surface area contributed by atoms with Gasteiger partial charge in [-0.2, -0.15) is 0 Å². The summed E-state index contributed by atoms with van der Waals surface area (Å²) in [6.45, 7) is 4.49. The monoisotopic (exact) mass is 218 g/mol. The van der Waals surface area contributed by atoms with E-state index >= 15 is 0 Å². The van der Waals surface area contributed by atoms with Gasteiger partial charge in [0.25, 0.3) is 0 Å². The highest BCUT2D eigenvalue weighted by Crippen LogP contribution is 2.38. The zero-order chi connectivity index (χ0) is 11.0. The van der Waals surface area contributed by atoms with Gasteiger partial charge in [0.05, 0.1) is 12.3 Å². The Morgan fingerprint density at radius 1 is 1.38 bits per heavy atom. The molecule has 2 aliphatic rings. The van der Waals surface area contributed by atoms with E-state index in [-0.39, 0.29) is 0 Å². The van der Waals surface area contributed by atoms with Gasteiger partial charge in [-0.25, -0.2) is 0 Å². The van der Waals surface area contributed by atoms with Gasteiger partial charge < -0.3 is 15.4 Å². The number of fused-ring (bicyclic) bond motifs is 1. The maximum absolute atomic E-state index is 5.94. The fourth-order valence-corrected chi connectivity index (χ4v) is 2.59. The molecule has 2 aliphatic heterocycles. The number of nitrogens with zero attached hydrogens (tertiary/aromatic N) is 1. The number of likely N-dealkylation sites (tertiary alicyclic amines) is 1. The minimum absolute atomic E-state index is 0.604. The Kier molecular flexibility index (Phi) is 2.48. The molecular formula is C13H18N2O. The maximum Gasteiger partial charge on any atom is 0.145 e. The molecule has 1 unspecified atom stereocenters. The zero-order valence-corrected chi connectivity index (χ0v) is 9.48. The van der Waals surface area contributed by atoms with Crippen molar-refractivity contribution in [2.75, 3.05) is 32.0 Å². The molecule has 0 aromatic heterocycles. The first-order valence-corrected chi connectivity index (χ1v) is 6.08. The predicted octanol–water partition coefficient (Wildman–Crippen LogP) is 1.84. The van der Waals surface area contributed by atoms with Crippen molar-refractivity contribution < 1.29 is 4.74 Å². The lowest BCUT2D eigenvalue weighted by molar-refractivity contribution is 0.152. The number of nitrogens with two attached hydrogens (primary N) is 1. The highest BCUT2D eigenvalue weighted by atomic mass is 16.5. The lowest BCUT2D eigenvalue weighted by Gasteiger charge is -2.36. The van der Waals surface area contributed by atoms with Gasteiger partial charge in [0.2, 0.25) is 0 Å².